The van der Waals surface area contributed by atoms with Crippen molar-refractivity contribution in [2.45, 2.75) is 57.1 Å². The fraction of sp³-hybridized carbons (Fsp3) is 0.929. The summed E-state index contributed by atoms with van der Waals surface area (Å²) >= 11 is 0. The first-order valence-corrected chi connectivity index (χ1v) is 7.12. The van der Waals surface area contributed by atoms with Crippen LogP contribution in [0.25, 0.3) is 0 Å². The number of fused-ring (bicyclic) bond motifs is 1. The Hall–Kier alpha value is -0.730. The maximum Gasteiger partial charge on any atom is 0.308 e. The molecule has 5 atom stereocenters. The summed E-state index contributed by atoms with van der Waals surface area (Å²) in [5.74, 6) is -2.46. The first-order chi connectivity index (χ1) is 9.89. The van der Waals surface area contributed by atoms with Gasteiger partial charge in [-0.3, -0.25) is 4.79 Å². The van der Waals surface area contributed by atoms with Gasteiger partial charge in [0.25, 0.3) is 0 Å². The van der Waals surface area contributed by atoms with Crippen LogP contribution in [-0.4, -0.2) is 63.3 Å². The van der Waals surface area contributed by atoms with Gasteiger partial charge in [-0.1, -0.05) is 0 Å². The lowest BCUT2D eigenvalue weighted by molar-refractivity contribution is -0.443. The minimum atomic E-state index is -1.09. The lowest BCUT2D eigenvalue weighted by atomic mass is 10.0. The highest BCUT2D eigenvalue weighted by atomic mass is 16.8. The fourth-order valence-electron chi connectivity index (χ4n) is 2.69. The monoisotopic (exact) mass is 304 g/mol. The molecule has 2 heterocycles. The van der Waals surface area contributed by atoms with Crippen LogP contribution in [0.5, 0.6) is 0 Å². The van der Waals surface area contributed by atoms with E-state index >= 15 is 0 Å². The van der Waals surface area contributed by atoms with Crippen LogP contribution >= 0.6 is 0 Å². The number of rotatable bonds is 5. The Balaban J connectivity index is 2.10. The Morgan fingerprint density at radius 1 is 1.19 bits per heavy atom. The van der Waals surface area contributed by atoms with Gasteiger partial charge < -0.3 is 28.4 Å². The van der Waals surface area contributed by atoms with Crippen molar-refractivity contribution in [3.05, 3.63) is 0 Å². The molecule has 0 N–H and O–H groups in total. The third-order valence-electron chi connectivity index (χ3n) is 4.22. The van der Waals surface area contributed by atoms with Crippen molar-refractivity contribution in [2.24, 2.45) is 0 Å². The predicted octanol–water partition coefficient (Wildman–Crippen LogP) is 0.848. The largest absolute Gasteiger partial charge is 0.466 e. The van der Waals surface area contributed by atoms with Crippen LogP contribution in [0.3, 0.4) is 0 Å². The Bertz CT molecular complexity index is 388. The van der Waals surface area contributed by atoms with Gasteiger partial charge in [0.2, 0.25) is 11.6 Å². The van der Waals surface area contributed by atoms with Gasteiger partial charge in [0.1, 0.15) is 12.2 Å². The number of esters is 1. The number of hydrogen-bond donors (Lipinski definition) is 0. The van der Waals surface area contributed by atoms with Gasteiger partial charge in [-0.2, -0.15) is 0 Å². The zero-order chi connectivity index (χ0) is 15.7. The molecule has 0 bridgehead atoms. The third kappa shape index (κ3) is 2.93. The molecule has 2 aliphatic heterocycles. The van der Waals surface area contributed by atoms with Gasteiger partial charge in [-0.25, -0.2) is 0 Å². The fourth-order valence-corrected chi connectivity index (χ4v) is 2.69. The van der Waals surface area contributed by atoms with E-state index in [-0.39, 0.29) is 18.5 Å². The van der Waals surface area contributed by atoms with Gasteiger partial charge in [-0.05, 0) is 20.8 Å². The molecule has 0 radical (unpaired) electrons. The van der Waals surface area contributed by atoms with Crippen molar-refractivity contribution < 1.29 is 33.2 Å². The summed E-state index contributed by atoms with van der Waals surface area (Å²) in [6.07, 6.45) is -0.993. The van der Waals surface area contributed by atoms with Gasteiger partial charge in [0.15, 0.2) is 0 Å². The summed E-state index contributed by atoms with van der Waals surface area (Å²) < 4.78 is 33.5. The molecule has 122 valence electrons. The lowest BCUT2D eigenvalue weighted by Crippen LogP contribution is -2.65. The van der Waals surface area contributed by atoms with Gasteiger partial charge >= 0.3 is 5.97 Å². The van der Waals surface area contributed by atoms with Crippen molar-refractivity contribution in [3.8, 4) is 0 Å². The lowest BCUT2D eigenvalue weighted by Gasteiger charge is -2.50. The quantitative estimate of drug-likeness (QED) is 0.697. The van der Waals surface area contributed by atoms with Crippen molar-refractivity contribution in [1.82, 2.24) is 0 Å². The normalized spacial score (nSPS) is 42.6. The van der Waals surface area contributed by atoms with E-state index in [4.69, 9.17) is 28.4 Å². The zero-order valence-corrected chi connectivity index (χ0v) is 13.2. The molecule has 2 aliphatic rings. The Morgan fingerprint density at radius 2 is 1.81 bits per heavy atom. The molecular formula is C14H24O7. The molecule has 2 rings (SSSR count). The molecule has 2 saturated heterocycles. The van der Waals surface area contributed by atoms with Gasteiger partial charge in [0, 0.05) is 14.2 Å². The van der Waals surface area contributed by atoms with Gasteiger partial charge in [-0.15, -0.1) is 0 Å². The average molecular weight is 304 g/mol. The molecule has 0 aliphatic carbocycles. The van der Waals surface area contributed by atoms with E-state index in [0.29, 0.717) is 13.2 Å². The maximum atomic E-state index is 11.6. The molecule has 0 spiro atoms. The van der Waals surface area contributed by atoms with Crippen LogP contribution in [0.15, 0.2) is 0 Å². The first-order valence-electron chi connectivity index (χ1n) is 7.12. The second-order valence-corrected chi connectivity index (χ2v) is 5.42. The summed E-state index contributed by atoms with van der Waals surface area (Å²) in [6.45, 7) is 5.95. The maximum absolute atomic E-state index is 11.6. The van der Waals surface area contributed by atoms with E-state index in [0.717, 1.165) is 0 Å². The molecule has 2 fully saturated rings. The first kappa shape index (κ1) is 16.6. The predicted molar refractivity (Wildman–Crippen MR) is 71.6 cm³/mol. The van der Waals surface area contributed by atoms with Crippen molar-refractivity contribution in [3.63, 3.8) is 0 Å². The van der Waals surface area contributed by atoms with Crippen molar-refractivity contribution in [1.29, 1.82) is 0 Å². The Labute approximate surface area is 124 Å². The second kappa shape index (κ2) is 6.18. The topological polar surface area (TPSA) is 72.5 Å². The number of ether oxygens (including phenoxy) is 6. The third-order valence-corrected chi connectivity index (χ3v) is 4.22. The summed E-state index contributed by atoms with van der Waals surface area (Å²) in [6, 6.07) is 0. The highest BCUT2D eigenvalue weighted by Gasteiger charge is 2.60. The van der Waals surface area contributed by atoms with Crippen LogP contribution in [-0.2, 0) is 33.2 Å². The number of hydrogen-bond acceptors (Lipinski definition) is 7. The zero-order valence-electron chi connectivity index (χ0n) is 13.2. The molecule has 0 amide bonds. The molecule has 21 heavy (non-hydrogen) atoms. The van der Waals surface area contributed by atoms with E-state index in [2.05, 4.69) is 0 Å². The smallest absolute Gasteiger partial charge is 0.308 e. The number of carbonyl (C=O) groups is 1. The number of carbonyl (C=O) groups excluding carboxylic acids is 1. The Morgan fingerprint density at radius 3 is 2.38 bits per heavy atom. The molecular weight excluding hydrogens is 280 g/mol. The molecule has 7 heteroatoms. The molecule has 0 aromatic heterocycles. The minimum absolute atomic E-state index is 0.127. The SMILES string of the molecule is CCOC(=O)C[C@H]1OC[C@H]2O[C@@](C)(OC)[C@](C)(OC)O[C@@H]12. The minimum Gasteiger partial charge on any atom is -0.466 e. The molecule has 7 nitrogen and oxygen atoms in total. The second-order valence-electron chi connectivity index (χ2n) is 5.42. The standard InChI is InChI=1S/C14H24O7/c1-6-18-11(15)7-9-12-10(8-19-9)20-13(2,16-4)14(3,17-5)21-12/h9-10,12H,6-8H2,1-5H3/t9-,10-,12+,13-,14-/m1/s1. The highest BCUT2D eigenvalue weighted by molar-refractivity contribution is 5.70. The van der Waals surface area contributed by atoms with E-state index in [1.54, 1.807) is 20.8 Å². The molecule has 0 saturated carbocycles. The summed E-state index contributed by atoms with van der Waals surface area (Å²) in [5.41, 5.74) is 0. The summed E-state index contributed by atoms with van der Waals surface area (Å²) in [7, 11) is 3.06. The van der Waals surface area contributed by atoms with E-state index in [1.165, 1.54) is 14.2 Å². The summed E-state index contributed by atoms with van der Waals surface area (Å²) in [4.78, 5) is 11.6. The highest BCUT2D eigenvalue weighted by Crippen LogP contribution is 2.42. The number of methoxy groups -OCH3 is 2. The van der Waals surface area contributed by atoms with Crippen molar-refractivity contribution in [2.75, 3.05) is 27.4 Å². The molecule has 0 aromatic carbocycles. The summed E-state index contributed by atoms with van der Waals surface area (Å²) in [5, 5.41) is 0. The van der Waals surface area contributed by atoms with Crippen molar-refractivity contribution >= 4 is 5.97 Å². The average Bonchev–Trinajstić information content (AvgIpc) is 2.81. The van der Waals surface area contributed by atoms with Crippen LogP contribution in [0.2, 0.25) is 0 Å². The van der Waals surface area contributed by atoms with Crippen LogP contribution in [0, 0.1) is 0 Å². The van der Waals surface area contributed by atoms with E-state index < -0.39 is 23.8 Å². The van der Waals surface area contributed by atoms with E-state index in [9.17, 15) is 4.79 Å². The van der Waals surface area contributed by atoms with Crippen LogP contribution in [0.4, 0.5) is 0 Å². The molecule has 0 unspecified atom stereocenters. The van der Waals surface area contributed by atoms with Gasteiger partial charge in [0.05, 0.1) is 25.7 Å². The van der Waals surface area contributed by atoms with E-state index in [1.807, 2.05) is 0 Å². The molecule has 0 aromatic rings. The van der Waals surface area contributed by atoms with Crippen LogP contribution < -0.4 is 0 Å². The van der Waals surface area contributed by atoms with Crippen LogP contribution in [0.1, 0.15) is 27.2 Å². The Kier molecular flexibility index (Phi) is 4.89.